The van der Waals surface area contributed by atoms with Gasteiger partial charge in [0.1, 0.15) is 6.04 Å². The number of nitrogens with one attached hydrogen (secondary N) is 1. The number of aryl methyl sites for hydroxylation is 1. The molecule has 0 unspecified atom stereocenters. The lowest BCUT2D eigenvalue weighted by Crippen LogP contribution is -2.49. The zero-order valence-electron chi connectivity index (χ0n) is 13.3. The molecule has 7 heteroatoms. The summed E-state index contributed by atoms with van der Waals surface area (Å²) in [6.45, 7) is 1.64. The number of carbonyl (C=O) groups excluding carboxylic acids is 1. The normalized spacial score (nSPS) is 23.5. The van der Waals surface area contributed by atoms with Crippen molar-refractivity contribution in [3.8, 4) is 0 Å². The van der Waals surface area contributed by atoms with Crippen LogP contribution < -0.4 is 5.32 Å². The Morgan fingerprint density at radius 2 is 2.13 bits per heavy atom. The van der Waals surface area contributed by atoms with Crippen LogP contribution in [0.15, 0.2) is 24.3 Å². The number of para-hydroxylation sites is 1. The van der Waals surface area contributed by atoms with Crippen LogP contribution in [0.4, 0.5) is 0 Å². The van der Waals surface area contributed by atoms with Crippen LogP contribution in [0.3, 0.4) is 0 Å². The van der Waals surface area contributed by atoms with Gasteiger partial charge in [-0.25, -0.2) is 0 Å². The van der Waals surface area contributed by atoms with Crippen molar-refractivity contribution in [2.45, 2.75) is 24.9 Å². The van der Waals surface area contributed by atoms with Crippen molar-refractivity contribution in [1.82, 2.24) is 9.88 Å². The fourth-order valence-corrected chi connectivity index (χ4v) is 3.68. The summed E-state index contributed by atoms with van der Waals surface area (Å²) in [5.74, 6) is -1.04. The summed E-state index contributed by atoms with van der Waals surface area (Å²) in [5, 5.41) is 15.4. The molecule has 0 saturated heterocycles. The Bertz CT molecular complexity index is 783. The minimum atomic E-state index is -0.726. The monoisotopic (exact) mass is 317 g/mol. The number of ether oxygens (including phenoxy) is 1. The molecule has 1 aliphatic heterocycles. The highest BCUT2D eigenvalue weighted by Gasteiger charge is 2.43. The number of hydrogen-bond donors (Lipinski definition) is 1. The van der Waals surface area contributed by atoms with Gasteiger partial charge in [0.25, 0.3) is 0 Å². The molecule has 1 aromatic carbocycles. The van der Waals surface area contributed by atoms with Gasteiger partial charge in [-0.2, -0.15) is 0 Å². The summed E-state index contributed by atoms with van der Waals surface area (Å²) >= 11 is 0. The summed E-state index contributed by atoms with van der Waals surface area (Å²) in [4.78, 5) is 22.9. The van der Waals surface area contributed by atoms with E-state index in [1.807, 2.05) is 42.8 Å². The molecule has 0 aliphatic carbocycles. The summed E-state index contributed by atoms with van der Waals surface area (Å²) in [7, 11) is 3.19. The maximum atomic E-state index is 12.1. The molecule has 1 aliphatic rings. The van der Waals surface area contributed by atoms with E-state index in [9.17, 15) is 14.9 Å². The van der Waals surface area contributed by atoms with Crippen LogP contribution in [0, 0.1) is 10.1 Å². The number of esters is 1. The topological polar surface area (TPSA) is 86.4 Å². The van der Waals surface area contributed by atoms with E-state index >= 15 is 0 Å². The molecule has 0 spiro atoms. The Morgan fingerprint density at radius 1 is 1.43 bits per heavy atom. The van der Waals surface area contributed by atoms with Crippen LogP contribution in [0.1, 0.15) is 30.1 Å². The van der Waals surface area contributed by atoms with Gasteiger partial charge >= 0.3 is 5.97 Å². The van der Waals surface area contributed by atoms with Crippen LogP contribution in [0.5, 0.6) is 0 Å². The second-order valence-corrected chi connectivity index (χ2v) is 5.89. The number of nitrogens with zero attached hydrogens (tertiary/aromatic N) is 2. The Kier molecular flexibility index (Phi) is 3.81. The van der Waals surface area contributed by atoms with E-state index in [4.69, 9.17) is 4.74 Å². The Balaban J connectivity index is 2.24. The number of hydrogen-bond acceptors (Lipinski definition) is 5. The molecule has 23 heavy (non-hydrogen) atoms. The zero-order chi connectivity index (χ0) is 16.7. The van der Waals surface area contributed by atoms with Gasteiger partial charge in [0, 0.05) is 34.6 Å². The fourth-order valence-electron chi connectivity index (χ4n) is 3.68. The molecular weight excluding hydrogens is 298 g/mol. The van der Waals surface area contributed by atoms with Crippen molar-refractivity contribution in [2.75, 3.05) is 13.7 Å². The number of nitro groups is 1. The van der Waals surface area contributed by atoms with E-state index in [0.717, 1.165) is 22.2 Å². The third-order valence-electron chi connectivity index (χ3n) is 4.61. The SMILES string of the molecule is COC(=O)[C@H]1N[C@H](C)c2c(n(C)c3ccccc23)[C@@H]1C[N+](=O)[O-]. The van der Waals surface area contributed by atoms with E-state index in [-0.39, 0.29) is 17.5 Å². The molecule has 0 saturated carbocycles. The molecule has 122 valence electrons. The number of methoxy groups -OCH3 is 1. The minimum Gasteiger partial charge on any atom is -0.468 e. The van der Waals surface area contributed by atoms with Gasteiger partial charge in [0.15, 0.2) is 0 Å². The molecule has 2 heterocycles. The van der Waals surface area contributed by atoms with Crippen molar-refractivity contribution in [1.29, 1.82) is 0 Å². The van der Waals surface area contributed by atoms with Gasteiger partial charge in [-0.05, 0) is 18.6 Å². The lowest BCUT2D eigenvalue weighted by molar-refractivity contribution is -0.484. The quantitative estimate of drug-likeness (QED) is 0.529. The smallest absolute Gasteiger partial charge is 0.323 e. The van der Waals surface area contributed by atoms with Crippen molar-refractivity contribution in [2.24, 2.45) is 7.05 Å². The first-order valence-electron chi connectivity index (χ1n) is 7.48. The molecule has 1 N–H and O–H groups in total. The first-order valence-corrected chi connectivity index (χ1v) is 7.48. The minimum absolute atomic E-state index is 0.0943. The maximum Gasteiger partial charge on any atom is 0.323 e. The van der Waals surface area contributed by atoms with Gasteiger partial charge in [0.2, 0.25) is 6.54 Å². The molecule has 7 nitrogen and oxygen atoms in total. The highest BCUT2D eigenvalue weighted by Crippen LogP contribution is 2.40. The highest BCUT2D eigenvalue weighted by molar-refractivity contribution is 5.88. The molecular formula is C16H19N3O4. The molecule has 0 fully saturated rings. The van der Waals surface area contributed by atoms with Crippen LogP contribution in [0.25, 0.3) is 10.9 Å². The van der Waals surface area contributed by atoms with Crippen LogP contribution in [-0.2, 0) is 16.6 Å². The number of aromatic nitrogens is 1. The maximum absolute atomic E-state index is 12.1. The van der Waals surface area contributed by atoms with Crippen molar-refractivity contribution < 1.29 is 14.5 Å². The Labute approximate surface area is 133 Å². The standard InChI is InChI=1S/C16H19N3O4/c1-9-13-10-6-4-5-7-12(10)18(2)15(13)11(8-19(21)22)14(17-9)16(20)23-3/h4-7,9,11,14,17H,8H2,1-3H3/t9-,11-,14+/m1/s1. The van der Waals surface area contributed by atoms with Gasteiger partial charge < -0.3 is 9.30 Å². The number of carbonyl (C=O) groups is 1. The van der Waals surface area contributed by atoms with Crippen molar-refractivity contribution in [3.05, 3.63) is 45.6 Å². The highest BCUT2D eigenvalue weighted by atomic mass is 16.6. The third-order valence-corrected chi connectivity index (χ3v) is 4.61. The summed E-state index contributed by atoms with van der Waals surface area (Å²) < 4.78 is 6.81. The molecule has 0 amide bonds. The largest absolute Gasteiger partial charge is 0.468 e. The first kappa shape index (κ1) is 15.5. The average Bonchev–Trinajstić information content (AvgIpc) is 2.83. The summed E-state index contributed by atoms with van der Waals surface area (Å²) in [6, 6.07) is 7.06. The second kappa shape index (κ2) is 5.66. The van der Waals surface area contributed by atoms with E-state index in [2.05, 4.69) is 5.32 Å². The number of benzene rings is 1. The molecule has 2 aromatic rings. The molecule has 0 radical (unpaired) electrons. The summed E-state index contributed by atoms with van der Waals surface area (Å²) in [6.07, 6.45) is 0. The zero-order valence-corrected chi connectivity index (χ0v) is 13.3. The van der Waals surface area contributed by atoms with Crippen molar-refractivity contribution in [3.63, 3.8) is 0 Å². The Hall–Kier alpha value is -2.41. The van der Waals surface area contributed by atoms with Crippen LogP contribution in [0.2, 0.25) is 0 Å². The number of fused-ring (bicyclic) bond motifs is 3. The van der Waals surface area contributed by atoms with Gasteiger partial charge in [0.05, 0.1) is 13.0 Å². The predicted octanol–water partition coefficient (Wildman–Crippen LogP) is 1.74. The third kappa shape index (κ3) is 2.37. The van der Waals surface area contributed by atoms with E-state index < -0.39 is 17.9 Å². The average molecular weight is 317 g/mol. The van der Waals surface area contributed by atoms with E-state index in [0.29, 0.717) is 0 Å². The predicted molar refractivity (Wildman–Crippen MR) is 84.9 cm³/mol. The molecule has 3 atom stereocenters. The lowest BCUT2D eigenvalue weighted by atomic mass is 9.85. The first-order chi connectivity index (χ1) is 11.0. The lowest BCUT2D eigenvalue weighted by Gasteiger charge is -2.33. The van der Waals surface area contributed by atoms with E-state index in [1.165, 1.54) is 7.11 Å². The van der Waals surface area contributed by atoms with Gasteiger partial charge in [-0.3, -0.25) is 20.2 Å². The van der Waals surface area contributed by atoms with Crippen molar-refractivity contribution >= 4 is 16.9 Å². The number of rotatable bonds is 3. The Morgan fingerprint density at radius 3 is 2.78 bits per heavy atom. The fraction of sp³-hybridized carbons (Fsp3) is 0.438. The van der Waals surface area contributed by atoms with E-state index in [1.54, 1.807) is 0 Å². The molecule has 0 bridgehead atoms. The van der Waals surface area contributed by atoms with Crippen LogP contribution >= 0.6 is 0 Å². The van der Waals surface area contributed by atoms with Gasteiger partial charge in [-0.1, -0.05) is 18.2 Å². The summed E-state index contributed by atoms with van der Waals surface area (Å²) in [5.41, 5.74) is 2.87. The second-order valence-electron chi connectivity index (χ2n) is 5.89. The van der Waals surface area contributed by atoms with Crippen LogP contribution in [-0.4, -0.2) is 35.2 Å². The van der Waals surface area contributed by atoms with Gasteiger partial charge in [-0.15, -0.1) is 0 Å². The molecule has 3 rings (SSSR count). The molecule has 1 aromatic heterocycles.